The molecule has 4 spiro atoms. The number of hydrogen-bond acceptors (Lipinski definition) is 26. The standard InChI is InChI=1S/C20H26F2N6O.C15H19N5O3S.C15H19N5OS.C10H11ClN4S.C6H11F2N.C5H9NO/c1-13-7-14(2)28(26-13)17-8-16(27-9-19(10-27)11-29-12-19)24-18(25-17)23-15-3-5-20(21,22)6-4-15;1-10-4-11(2)20(18-10)13-5-12(16-14(17-13)24(3,21)22)19-6-15(7-19)8-23-9-15;1-10-4-11(2)20(18-10)13-5-12(16-14(17-13)22-3)19-6-15(7-19)8-21-9-15;1-6-4-7(2)15(14-6)9-5-8(11)12-10(13-9)16-3;7-6(8)3-1-5(9)2-4-6;1-5(2-6-1)3-7-4-5/h7-8,15H,3-6,9-12H2,1-2H3,(H,23,24,25);4-5H,6-9H2,1-3H3;4-5H,6-9H2,1-3H3;4-5H,1-3H3;5H,1-4,9H2;6H,1-4H2. The first kappa shape index (κ1) is 77.9. The summed E-state index contributed by atoms with van der Waals surface area (Å²) >= 11 is 8.95. The first-order chi connectivity index (χ1) is 50.8. The van der Waals surface area contributed by atoms with Crippen molar-refractivity contribution in [2.24, 2.45) is 27.4 Å². The summed E-state index contributed by atoms with van der Waals surface area (Å²) in [6, 6.07) is 15.4. The molecule has 0 radical (unpaired) electrons. The lowest BCUT2D eigenvalue weighted by Crippen LogP contribution is -2.66. The number of hydrogen-bond donors (Lipinski definition) is 3. The maximum atomic E-state index is 13.5. The van der Waals surface area contributed by atoms with E-state index in [1.807, 2.05) is 108 Å². The molecular weight excluding hydrogens is 1460 g/mol. The number of anilines is 4. The average Bonchev–Trinajstić information content (AvgIpc) is 1.08. The summed E-state index contributed by atoms with van der Waals surface area (Å²) in [5.74, 6) is 0.648. The molecule has 8 aromatic heterocycles. The van der Waals surface area contributed by atoms with Gasteiger partial charge in [0.1, 0.15) is 22.6 Å². The molecule has 10 fully saturated rings. The molecule has 4 N–H and O–H groups in total. The summed E-state index contributed by atoms with van der Waals surface area (Å²) in [5, 5.41) is 26.0. The van der Waals surface area contributed by atoms with E-state index in [1.54, 1.807) is 33.3 Å². The van der Waals surface area contributed by atoms with E-state index < -0.39 is 21.7 Å². The van der Waals surface area contributed by atoms with Crippen LogP contribution in [-0.2, 0) is 28.8 Å². The molecule has 18 rings (SSSR count). The lowest BCUT2D eigenvalue weighted by atomic mass is 9.78. The Hall–Kier alpha value is -7.22. The van der Waals surface area contributed by atoms with Crippen LogP contribution in [-0.4, -0.2) is 235 Å². The van der Waals surface area contributed by atoms with Crippen molar-refractivity contribution in [1.29, 1.82) is 0 Å². The molecular formula is C71H95ClF4N22O6S3. The van der Waals surface area contributed by atoms with Crippen molar-refractivity contribution in [2.75, 3.05) is 144 Å². The second-order valence-corrected chi connectivity index (χ2v) is 34.5. The SMILES string of the molecule is C1NCC12COC2.CSc1nc(Cl)cc(-n2nc(C)cc2C)n1.CSc1nc(N2CC3(COC3)C2)cc(-n2nc(C)cc2C)n1.Cc1cc(C)n(-c2cc(N3CC4(COC4)C3)nc(NC3CCC(F)(F)CC3)n2)n1.Cc1cc(C)n(-c2cc(N3CC4(COC4)C3)nc(S(C)(=O)=O)n2)n1.NC1CCC(F)(F)CC1. The monoisotopic (exact) mass is 1560 g/mol. The van der Waals surface area contributed by atoms with E-state index in [4.69, 9.17) is 41.3 Å². The van der Waals surface area contributed by atoms with Gasteiger partial charge < -0.3 is 50.0 Å². The zero-order chi connectivity index (χ0) is 76.0. The van der Waals surface area contributed by atoms with Gasteiger partial charge in [-0.05, 0) is 118 Å². The summed E-state index contributed by atoms with van der Waals surface area (Å²) in [5.41, 5.74) is 14.6. The molecule has 16 heterocycles. The van der Waals surface area contributed by atoms with Gasteiger partial charge >= 0.3 is 0 Å². The van der Waals surface area contributed by atoms with Gasteiger partial charge in [-0.25, -0.2) is 69.6 Å². The number of nitrogens with one attached hydrogen (secondary N) is 2. The molecule has 2 aliphatic carbocycles. The van der Waals surface area contributed by atoms with Crippen LogP contribution in [0.5, 0.6) is 0 Å². The Bertz CT molecular complexity index is 4560. The first-order valence-corrected chi connectivity index (χ1v) is 40.7. The van der Waals surface area contributed by atoms with Gasteiger partial charge in [-0.2, -0.15) is 35.3 Å². The zero-order valence-electron chi connectivity index (χ0n) is 62.4. The van der Waals surface area contributed by atoms with Gasteiger partial charge in [0, 0.05) is 149 Å². The minimum atomic E-state index is -3.51. The van der Waals surface area contributed by atoms with Gasteiger partial charge in [0.05, 0.1) is 91.9 Å². The van der Waals surface area contributed by atoms with Crippen molar-refractivity contribution in [3.63, 3.8) is 0 Å². The van der Waals surface area contributed by atoms with Crippen LogP contribution in [0.4, 0.5) is 41.0 Å². The average molecular weight is 1560 g/mol. The van der Waals surface area contributed by atoms with Crippen LogP contribution in [0.15, 0.2) is 64.0 Å². The fourth-order valence-corrected chi connectivity index (χ4v) is 15.9. The highest BCUT2D eigenvalue weighted by Gasteiger charge is 2.52. The second kappa shape index (κ2) is 31.3. The van der Waals surface area contributed by atoms with E-state index in [2.05, 4.69) is 86.7 Å². The van der Waals surface area contributed by atoms with Crippen LogP contribution in [0.1, 0.15) is 96.9 Å². The summed E-state index contributed by atoms with van der Waals surface area (Å²) in [6.07, 6.45) is 6.60. The Morgan fingerprint density at radius 1 is 0.467 bits per heavy atom. The first-order valence-electron chi connectivity index (χ1n) is 36.0. The fraction of sp³-hybridized carbons (Fsp3) is 0.606. The quantitative estimate of drug-likeness (QED) is 0.0444. The smallest absolute Gasteiger partial charge is 0.250 e. The van der Waals surface area contributed by atoms with Crippen molar-refractivity contribution in [2.45, 2.75) is 146 Å². The fourth-order valence-electron chi connectivity index (χ4n) is 14.4. The molecule has 2 saturated carbocycles. The molecule has 8 saturated heterocycles. The van der Waals surface area contributed by atoms with Crippen LogP contribution in [0.3, 0.4) is 0 Å². The van der Waals surface area contributed by atoms with E-state index in [-0.39, 0.29) is 53.8 Å². The van der Waals surface area contributed by atoms with Gasteiger partial charge in [0.25, 0.3) is 5.16 Å². The summed E-state index contributed by atoms with van der Waals surface area (Å²) < 4.78 is 104. The number of halogens is 5. The van der Waals surface area contributed by atoms with Crippen molar-refractivity contribution in [1.82, 2.24) is 84.3 Å². The molecule has 0 unspecified atom stereocenters. The Labute approximate surface area is 634 Å². The van der Waals surface area contributed by atoms with Gasteiger partial charge in [-0.1, -0.05) is 35.1 Å². The topological polar surface area (TPSA) is 305 Å². The van der Waals surface area contributed by atoms with Crippen molar-refractivity contribution in [3.05, 3.63) is 99.2 Å². The van der Waals surface area contributed by atoms with Crippen molar-refractivity contribution >= 4 is 68.4 Å². The Balaban J connectivity index is 0.000000119. The van der Waals surface area contributed by atoms with E-state index in [0.717, 1.165) is 167 Å². The van der Waals surface area contributed by atoms with E-state index >= 15 is 0 Å². The molecule has 28 nitrogen and oxygen atoms in total. The number of nitrogens with zero attached hydrogens (tertiary/aromatic N) is 19. The normalized spacial score (nSPS) is 20.7. The molecule has 8 aliphatic heterocycles. The van der Waals surface area contributed by atoms with Crippen molar-refractivity contribution < 1.29 is 44.9 Å². The Kier molecular flexibility index (Phi) is 22.8. The van der Waals surface area contributed by atoms with Gasteiger partial charge in [-0.15, -0.1) is 0 Å². The van der Waals surface area contributed by atoms with Gasteiger partial charge in [0.15, 0.2) is 33.6 Å². The molecule has 0 amide bonds. The maximum Gasteiger partial charge on any atom is 0.250 e. The summed E-state index contributed by atoms with van der Waals surface area (Å²) in [4.78, 5) is 42.1. The van der Waals surface area contributed by atoms with Crippen LogP contribution >= 0.6 is 35.1 Å². The minimum Gasteiger partial charge on any atom is -0.380 e. The van der Waals surface area contributed by atoms with Crippen LogP contribution in [0.2, 0.25) is 5.15 Å². The van der Waals surface area contributed by atoms with Crippen molar-refractivity contribution in [3.8, 4) is 23.3 Å². The molecule has 107 heavy (non-hydrogen) atoms. The third-order valence-electron chi connectivity index (χ3n) is 20.5. The lowest BCUT2D eigenvalue weighted by molar-refractivity contribution is -0.139. The zero-order valence-corrected chi connectivity index (χ0v) is 65.6. The molecule has 578 valence electrons. The molecule has 0 aromatic carbocycles. The maximum absolute atomic E-state index is 13.5. The molecule has 8 aromatic rings. The largest absolute Gasteiger partial charge is 0.380 e. The van der Waals surface area contributed by atoms with E-state index in [9.17, 15) is 26.0 Å². The summed E-state index contributed by atoms with van der Waals surface area (Å²) in [6.45, 7) is 30.5. The molecule has 10 aliphatic rings. The number of sulfone groups is 1. The number of nitrogens with two attached hydrogens (primary N) is 1. The van der Waals surface area contributed by atoms with E-state index in [0.29, 0.717) is 76.0 Å². The van der Waals surface area contributed by atoms with Gasteiger partial charge in [0.2, 0.25) is 27.6 Å². The van der Waals surface area contributed by atoms with Crippen LogP contribution in [0.25, 0.3) is 23.3 Å². The van der Waals surface area contributed by atoms with Crippen LogP contribution in [0, 0.1) is 77.0 Å². The third kappa shape index (κ3) is 18.3. The number of rotatable bonds is 12. The minimum absolute atomic E-state index is 0.0182. The Morgan fingerprint density at radius 3 is 1.10 bits per heavy atom. The number of aromatic nitrogens is 16. The highest BCUT2D eigenvalue weighted by molar-refractivity contribution is 7.98. The Morgan fingerprint density at radius 2 is 0.785 bits per heavy atom. The van der Waals surface area contributed by atoms with Gasteiger partial charge in [-0.3, -0.25) is 0 Å². The molecule has 36 heteroatoms. The molecule has 0 bridgehead atoms. The summed E-state index contributed by atoms with van der Waals surface area (Å²) in [7, 11) is -3.51. The lowest BCUT2D eigenvalue weighted by Gasteiger charge is -2.55. The predicted octanol–water partition coefficient (Wildman–Crippen LogP) is 9.25. The third-order valence-corrected chi connectivity index (χ3v) is 22.7. The predicted molar refractivity (Wildman–Crippen MR) is 401 cm³/mol. The highest BCUT2D eigenvalue weighted by Crippen LogP contribution is 2.44. The number of ether oxygens (including phenoxy) is 4. The number of thioether (sulfide) groups is 2. The number of alkyl halides is 4. The molecule has 0 atom stereocenters. The van der Waals surface area contributed by atoms with Crippen LogP contribution < -0.4 is 31.1 Å². The second-order valence-electron chi connectivity index (χ2n) is 30.6. The van der Waals surface area contributed by atoms with E-state index in [1.165, 1.54) is 24.9 Å². The highest BCUT2D eigenvalue weighted by atomic mass is 35.5. The number of aryl methyl sites for hydroxylation is 8.